The molecule has 1 fully saturated rings. The minimum atomic E-state index is -0.00171. The van der Waals surface area contributed by atoms with Crippen LogP contribution in [-0.4, -0.2) is 47.0 Å². The van der Waals surface area contributed by atoms with Crippen LogP contribution in [0.25, 0.3) is 6.08 Å². The van der Waals surface area contributed by atoms with Crippen LogP contribution in [0.2, 0.25) is 0 Å². The van der Waals surface area contributed by atoms with Gasteiger partial charge in [-0.3, -0.25) is 9.78 Å². The zero-order chi connectivity index (χ0) is 16.8. The molecule has 1 aromatic carbocycles. The number of piperazine rings is 1. The maximum Gasteiger partial charge on any atom is 0.246 e. The van der Waals surface area contributed by atoms with E-state index < -0.39 is 0 Å². The highest BCUT2D eigenvalue weighted by atomic mass is 16.2. The molecule has 0 bridgehead atoms. The summed E-state index contributed by atoms with van der Waals surface area (Å²) in [5.41, 5.74) is 1.51. The van der Waals surface area contributed by atoms with Crippen molar-refractivity contribution in [3.63, 3.8) is 0 Å². The Morgan fingerprint density at radius 3 is 2.50 bits per heavy atom. The lowest BCUT2D eigenvalue weighted by Crippen LogP contribution is -2.48. The van der Waals surface area contributed by atoms with Crippen molar-refractivity contribution in [1.82, 2.24) is 14.9 Å². The topological polar surface area (TPSA) is 73.1 Å². The lowest BCUT2D eigenvalue weighted by Gasteiger charge is -2.34. The van der Waals surface area contributed by atoms with Gasteiger partial charge in [0.15, 0.2) is 0 Å². The second kappa shape index (κ2) is 7.38. The molecule has 1 saturated heterocycles. The molecule has 1 amide bonds. The highest BCUT2D eigenvalue weighted by Gasteiger charge is 2.20. The molecule has 0 unspecified atom stereocenters. The lowest BCUT2D eigenvalue weighted by molar-refractivity contribution is -0.126. The molecular formula is C18H17N5O. The number of anilines is 1. The molecule has 0 atom stereocenters. The fourth-order valence-corrected chi connectivity index (χ4v) is 2.55. The van der Waals surface area contributed by atoms with E-state index in [1.807, 2.05) is 17.0 Å². The third-order valence-corrected chi connectivity index (χ3v) is 3.92. The number of benzene rings is 1. The molecule has 0 radical (unpaired) electrons. The monoisotopic (exact) mass is 319 g/mol. The molecule has 6 heteroatoms. The average Bonchev–Trinajstić information content (AvgIpc) is 2.67. The van der Waals surface area contributed by atoms with Crippen LogP contribution < -0.4 is 4.90 Å². The van der Waals surface area contributed by atoms with Gasteiger partial charge in [0.25, 0.3) is 0 Å². The van der Waals surface area contributed by atoms with Gasteiger partial charge < -0.3 is 9.80 Å². The Morgan fingerprint density at radius 2 is 1.88 bits per heavy atom. The van der Waals surface area contributed by atoms with Crippen molar-refractivity contribution in [2.75, 3.05) is 31.1 Å². The van der Waals surface area contributed by atoms with E-state index in [1.165, 1.54) is 0 Å². The maximum absolute atomic E-state index is 12.3. The van der Waals surface area contributed by atoms with Crippen LogP contribution in [0.4, 0.5) is 5.82 Å². The highest BCUT2D eigenvalue weighted by molar-refractivity contribution is 5.92. The Labute approximate surface area is 140 Å². The molecule has 3 rings (SSSR count). The Balaban J connectivity index is 1.55. The average molecular weight is 319 g/mol. The zero-order valence-electron chi connectivity index (χ0n) is 13.2. The van der Waals surface area contributed by atoms with Crippen LogP contribution in [-0.2, 0) is 4.79 Å². The summed E-state index contributed by atoms with van der Waals surface area (Å²) in [7, 11) is 0. The number of nitrogens with zero attached hydrogens (tertiary/aromatic N) is 5. The van der Waals surface area contributed by atoms with Gasteiger partial charge in [0, 0.05) is 44.6 Å². The lowest BCUT2D eigenvalue weighted by atomic mass is 10.1. The number of hydrogen-bond donors (Lipinski definition) is 0. The quantitative estimate of drug-likeness (QED) is 0.805. The number of rotatable bonds is 3. The molecule has 1 aliphatic heterocycles. The smallest absolute Gasteiger partial charge is 0.246 e. The first-order valence-electron chi connectivity index (χ1n) is 7.74. The van der Waals surface area contributed by atoms with E-state index in [1.54, 1.807) is 42.9 Å². The van der Waals surface area contributed by atoms with E-state index in [2.05, 4.69) is 20.9 Å². The molecule has 6 nitrogen and oxygen atoms in total. The van der Waals surface area contributed by atoms with Crippen LogP contribution in [0.15, 0.2) is 48.9 Å². The van der Waals surface area contributed by atoms with Crippen LogP contribution in [0.1, 0.15) is 11.1 Å². The van der Waals surface area contributed by atoms with Gasteiger partial charge in [-0.15, -0.1) is 0 Å². The minimum Gasteiger partial charge on any atom is -0.352 e. The Kier molecular flexibility index (Phi) is 4.82. The first kappa shape index (κ1) is 15.7. The van der Waals surface area contributed by atoms with Gasteiger partial charge in [-0.2, -0.15) is 5.26 Å². The fourth-order valence-electron chi connectivity index (χ4n) is 2.55. The van der Waals surface area contributed by atoms with Crippen LogP contribution >= 0.6 is 0 Å². The van der Waals surface area contributed by atoms with E-state index in [0.29, 0.717) is 18.7 Å². The van der Waals surface area contributed by atoms with Gasteiger partial charge in [0.2, 0.25) is 5.91 Å². The minimum absolute atomic E-state index is 0.00171. The van der Waals surface area contributed by atoms with E-state index >= 15 is 0 Å². The molecule has 120 valence electrons. The Bertz CT molecular complexity index is 756. The molecule has 2 heterocycles. The van der Waals surface area contributed by atoms with Crippen LogP contribution in [0.3, 0.4) is 0 Å². The van der Waals surface area contributed by atoms with Gasteiger partial charge in [0.1, 0.15) is 5.82 Å². The van der Waals surface area contributed by atoms with E-state index in [4.69, 9.17) is 5.26 Å². The predicted octanol–water partition coefficient (Wildman–Crippen LogP) is 1.71. The molecule has 1 aliphatic rings. The largest absolute Gasteiger partial charge is 0.352 e. The van der Waals surface area contributed by atoms with Crippen LogP contribution in [0, 0.1) is 11.3 Å². The number of nitriles is 1. The Morgan fingerprint density at radius 1 is 1.12 bits per heavy atom. The molecule has 0 N–H and O–H groups in total. The zero-order valence-corrected chi connectivity index (χ0v) is 13.2. The number of aromatic nitrogens is 2. The number of hydrogen-bond acceptors (Lipinski definition) is 5. The van der Waals surface area contributed by atoms with Crippen molar-refractivity contribution >= 4 is 17.8 Å². The van der Waals surface area contributed by atoms with Crippen molar-refractivity contribution < 1.29 is 4.79 Å². The van der Waals surface area contributed by atoms with Crippen molar-refractivity contribution in [3.05, 3.63) is 60.1 Å². The van der Waals surface area contributed by atoms with Gasteiger partial charge in [0.05, 0.1) is 17.8 Å². The second-order valence-corrected chi connectivity index (χ2v) is 5.44. The number of carbonyl (C=O) groups is 1. The van der Waals surface area contributed by atoms with Crippen molar-refractivity contribution in [2.45, 2.75) is 0 Å². The SMILES string of the molecule is N#Cc1ccc(C=CC(=O)N2CCN(c3cnccn3)CC2)cc1. The fraction of sp³-hybridized carbons (Fsp3) is 0.222. The van der Waals surface area contributed by atoms with Gasteiger partial charge in [-0.25, -0.2) is 4.98 Å². The summed E-state index contributed by atoms with van der Waals surface area (Å²) in [6.07, 6.45) is 8.42. The summed E-state index contributed by atoms with van der Waals surface area (Å²) in [6, 6.07) is 9.21. The molecule has 2 aromatic rings. The molecule has 0 saturated carbocycles. The molecular weight excluding hydrogens is 302 g/mol. The van der Waals surface area contributed by atoms with Crippen molar-refractivity contribution in [2.24, 2.45) is 0 Å². The van der Waals surface area contributed by atoms with Gasteiger partial charge in [-0.1, -0.05) is 12.1 Å². The van der Waals surface area contributed by atoms with Crippen LogP contribution in [0.5, 0.6) is 0 Å². The first-order chi connectivity index (χ1) is 11.8. The summed E-state index contributed by atoms with van der Waals surface area (Å²) >= 11 is 0. The summed E-state index contributed by atoms with van der Waals surface area (Å²) in [5.74, 6) is 0.843. The molecule has 1 aromatic heterocycles. The maximum atomic E-state index is 12.3. The molecule has 0 spiro atoms. The predicted molar refractivity (Wildman–Crippen MR) is 91.0 cm³/mol. The Hall–Kier alpha value is -3.20. The van der Waals surface area contributed by atoms with Gasteiger partial charge >= 0.3 is 0 Å². The first-order valence-corrected chi connectivity index (χ1v) is 7.74. The summed E-state index contributed by atoms with van der Waals surface area (Å²) in [6.45, 7) is 2.81. The molecule has 24 heavy (non-hydrogen) atoms. The summed E-state index contributed by atoms with van der Waals surface area (Å²) < 4.78 is 0. The summed E-state index contributed by atoms with van der Waals surface area (Å²) in [5, 5.41) is 8.78. The van der Waals surface area contributed by atoms with Crippen molar-refractivity contribution in [1.29, 1.82) is 5.26 Å². The number of carbonyl (C=O) groups excluding carboxylic acids is 1. The normalized spacial score (nSPS) is 14.6. The standard InChI is InChI=1S/C18H17N5O/c19-13-16-3-1-15(2-4-16)5-6-18(24)23-11-9-22(10-12-23)17-14-20-7-8-21-17/h1-8,14H,9-12H2. The molecule has 0 aliphatic carbocycles. The van der Waals surface area contributed by atoms with Gasteiger partial charge in [-0.05, 0) is 23.8 Å². The summed E-state index contributed by atoms with van der Waals surface area (Å²) in [4.78, 5) is 24.6. The number of amides is 1. The highest BCUT2D eigenvalue weighted by Crippen LogP contribution is 2.12. The van der Waals surface area contributed by atoms with E-state index in [0.717, 1.165) is 24.5 Å². The third-order valence-electron chi connectivity index (χ3n) is 3.92. The third kappa shape index (κ3) is 3.76. The van der Waals surface area contributed by atoms with E-state index in [9.17, 15) is 4.79 Å². The van der Waals surface area contributed by atoms with E-state index in [-0.39, 0.29) is 5.91 Å². The van der Waals surface area contributed by atoms with Crippen molar-refractivity contribution in [3.8, 4) is 6.07 Å². The second-order valence-electron chi connectivity index (χ2n) is 5.44.